The van der Waals surface area contributed by atoms with Gasteiger partial charge in [-0.25, -0.2) is 0 Å². The topological polar surface area (TPSA) is 55.6 Å². The molecule has 0 amide bonds. The Morgan fingerprint density at radius 2 is 1.86 bits per heavy atom. The molecule has 0 fully saturated rings. The van der Waals surface area contributed by atoms with Gasteiger partial charge in [0.1, 0.15) is 5.75 Å². The number of rotatable bonds is 5. The van der Waals surface area contributed by atoms with Crippen LogP contribution in [0, 0.1) is 13.8 Å². The number of ether oxygens (including phenoxy) is 1. The number of nitrogens with two attached hydrogens (primary N) is 1. The number of benzene rings is 2. The standard InChI is InChI=1S/C18H22N2O2/c1-12-9-17(19)13(2)8-16(12)18(21)11-22-15-7-5-6-14(10-15)20(3)4/h5-10H,11,19H2,1-4H3. The summed E-state index contributed by atoms with van der Waals surface area (Å²) in [6.07, 6.45) is 0. The zero-order valence-electron chi connectivity index (χ0n) is 13.5. The number of nitrogens with zero attached hydrogens (tertiary/aromatic N) is 1. The lowest BCUT2D eigenvalue weighted by molar-refractivity contribution is 0.0921. The number of carbonyl (C=O) groups excluding carboxylic acids is 1. The lowest BCUT2D eigenvalue weighted by Crippen LogP contribution is -2.14. The van der Waals surface area contributed by atoms with Crippen LogP contribution in [-0.4, -0.2) is 26.5 Å². The highest BCUT2D eigenvalue weighted by Gasteiger charge is 2.12. The van der Waals surface area contributed by atoms with Crippen LogP contribution in [-0.2, 0) is 0 Å². The van der Waals surface area contributed by atoms with E-state index in [0.29, 0.717) is 17.0 Å². The molecule has 0 aromatic heterocycles. The third-order valence-electron chi connectivity index (χ3n) is 3.62. The molecule has 4 nitrogen and oxygen atoms in total. The van der Waals surface area contributed by atoms with E-state index in [1.807, 2.05) is 69.2 Å². The van der Waals surface area contributed by atoms with Gasteiger partial charge in [0.05, 0.1) is 0 Å². The molecule has 0 aliphatic rings. The van der Waals surface area contributed by atoms with Crippen molar-refractivity contribution in [3.63, 3.8) is 0 Å². The third-order valence-corrected chi connectivity index (χ3v) is 3.62. The van der Waals surface area contributed by atoms with Crippen LogP contribution in [0.1, 0.15) is 21.5 Å². The maximum absolute atomic E-state index is 12.3. The minimum absolute atomic E-state index is 0.0150. The average Bonchev–Trinajstić information content (AvgIpc) is 2.48. The molecule has 2 N–H and O–H groups in total. The molecule has 0 saturated carbocycles. The van der Waals surface area contributed by atoms with Crippen LogP contribution in [0.5, 0.6) is 5.75 Å². The summed E-state index contributed by atoms with van der Waals surface area (Å²) >= 11 is 0. The highest BCUT2D eigenvalue weighted by molar-refractivity contribution is 5.99. The summed E-state index contributed by atoms with van der Waals surface area (Å²) in [6.45, 7) is 3.80. The second-order valence-electron chi connectivity index (χ2n) is 5.63. The van der Waals surface area contributed by atoms with Crippen molar-refractivity contribution in [1.29, 1.82) is 0 Å². The molecule has 0 aliphatic heterocycles. The summed E-state index contributed by atoms with van der Waals surface area (Å²) in [6, 6.07) is 11.3. The van der Waals surface area contributed by atoms with E-state index in [2.05, 4.69) is 0 Å². The molecule has 0 bridgehead atoms. The highest BCUT2D eigenvalue weighted by Crippen LogP contribution is 2.21. The SMILES string of the molecule is Cc1cc(C(=O)COc2cccc(N(C)C)c2)c(C)cc1N. The smallest absolute Gasteiger partial charge is 0.200 e. The van der Waals surface area contributed by atoms with Gasteiger partial charge in [-0.15, -0.1) is 0 Å². The van der Waals surface area contributed by atoms with Crippen LogP contribution >= 0.6 is 0 Å². The van der Waals surface area contributed by atoms with Gasteiger partial charge in [-0.1, -0.05) is 6.07 Å². The van der Waals surface area contributed by atoms with Gasteiger partial charge < -0.3 is 15.4 Å². The first kappa shape index (κ1) is 15.9. The van der Waals surface area contributed by atoms with Crippen molar-refractivity contribution in [3.8, 4) is 5.75 Å². The summed E-state index contributed by atoms with van der Waals surface area (Å²) in [5.74, 6) is 0.639. The lowest BCUT2D eigenvalue weighted by atomic mass is 10.0. The maximum atomic E-state index is 12.3. The van der Waals surface area contributed by atoms with E-state index in [4.69, 9.17) is 10.5 Å². The van der Waals surface area contributed by atoms with Gasteiger partial charge in [0.25, 0.3) is 0 Å². The van der Waals surface area contributed by atoms with Crippen LogP contribution in [0.4, 0.5) is 11.4 Å². The van der Waals surface area contributed by atoms with Crippen molar-refractivity contribution >= 4 is 17.2 Å². The summed E-state index contributed by atoms with van der Waals surface area (Å²) in [7, 11) is 3.93. The zero-order valence-corrected chi connectivity index (χ0v) is 13.5. The third kappa shape index (κ3) is 3.58. The van der Waals surface area contributed by atoms with Gasteiger partial charge in [-0.05, 0) is 49.2 Å². The van der Waals surface area contributed by atoms with E-state index in [1.54, 1.807) is 0 Å². The van der Waals surface area contributed by atoms with Crippen molar-refractivity contribution in [3.05, 3.63) is 53.1 Å². The molecule has 116 valence electrons. The Labute approximate surface area is 131 Å². The summed E-state index contributed by atoms with van der Waals surface area (Å²) in [5.41, 5.74) is 10.0. The minimum atomic E-state index is -0.0455. The molecule has 2 rings (SSSR count). The maximum Gasteiger partial charge on any atom is 0.200 e. The molecule has 2 aromatic carbocycles. The quantitative estimate of drug-likeness (QED) is 0.680. The molecule has 2 aromatic rings. The van der Waals surface area contributed by atoms with Gasteiger partial charge in [0.2, 0.25) is 0 Å². The second-order valence-corrected chi connectivity index (χ2v) is 5.63. The van der Waals surface area contributed by atoms with Crippen LogP contribution in [0.25, 0.3) is 0 Å². The highest BCUT2D eigenvalue weighted by atomic mass is 16.5. The molecule has 0 radical (unpaired) electrons. The van der Waals surface area contributed by atoms with Gasteiger partial charge in [-0.2, -0.15) is 0 Å². The van der Waals surface area contributed by atoms with Crippen molar-refractivity contribution < 1.29 is 9.53 Å². The summed E-state index contributed by atoms with van der Waals surface area (Å²) in [5, 5.41) is 0. The first-order valence-corrected chi connectivity index (χ1v) is 7.18. The second kappa shape index (κ2) is 6.52. The number of Topliss-reactive ketones (excluding diaryl/α,β-unsaturated/α-hetero) is 1. The Kier molecular flexibility index (Phi) is 4.71. The van der Waals surface area contributed by atoms with Crippen LogP contribution in [0.3, 0.4) is 0 Å². The predicted molar refractivity (Wildman–Crippen MR) is 90.9 cm³/mol. The zero-order chi connectivity index (χ0) is 16.3. The Bertz CT molecular complexity index is 693. The molecule has 0 unspecified atom stereocenters. The molecule has 22 heavy (non-hydrogen) atoms. The Balaban J connectivity index is 2.10. The number of carbonyl (C=O) groups is 1. The van der Waals surface area contributed by atoms with E-state index in [9.17, 15) is 4.79 Å². The molecule has 0 aliphatic carbocycles. The number of anilines is 2. The monoisotopic (exact) mass is 298 g/mol. The van der Waals surface area contributed by atoms with Crippen molar-refractivity contribution in [2.75, 3.05) is 31.3 Å². The van der Waals surface area contributed by atoms with Crippen molar-refractivity contribution in [2.45, 2.75) is 13.8 Å². The summed E-state index contributed by atoms with van der Waals surface area (Å²) < 4.78 is 5.63. The molecule has 0 heterocycles. The van der Waals surface area contributed by atoms with E-state index < -0.39 is 0 Å². The fourth-order valence-electron chi connectivity index (χ4n) is 2.22. The van der Waals surface area contributed by atoms with E-state index in [-0.39, 0.29) is 12.4 Å². The Morgan fingerprint density at radius 3 is 2.55 bits per heavy atom. The normalized spacial score (nSPS) is 10.4. The molecular weight excluding hydrogens is 276 g/mol. The first-order chi connectivity index (χ1) is 10.4. The van der Waals surface area contributed by atoms with E-state index >= 15 is 0 Å². The number of nitrogen functional groups attached to an aromatic ring is 1. The van der Waals surface area contributed by atoms with Gasteiger partial charge in [0, 0.05) is 37.1 Å². The number of aryl methyl sites for hydroxylation is 2. The van der Waals surface area contributed by atoms with Gasteiger partial charge >= 0.3 is 0 Å². The van der Waals surface area contributed by atoms with Crippen molar-refractivity contribution in [2.24, 2.45) is 0 Å². The first-order valence-electron chi connectivity index (χ1n) is 7.18. The lowest BCUT2D eigenvalue weighted by Gasteiger charge is -2.14. The Morgan fingerprint density at radius 1 is 1.14 bits per heavy atom. The van der Waals surface area contributed by atoms with Gasteiger partial charge in [-0.3, -0.25) is 4.79 Å². The predicted octanol–water partition coefficient (Wildman–Crippen LogP) is 3.21. The number of hydrogen-bond acceptors (Lipinski definition) is 4. The molecular formula is C18H22N2O2. The van der Waals surface area contributed by atoms with Crippen LogP contribution in [0.15, 0.2) is 36.4 Å². The fraction of sp³-hybridized carbons (Fsp3) is 0.278. The van der Waals surface area contributed by atoms with Crippen molar-refractivity contribution in [1.82, 2.24) is 0 Å². The summed E-state index contributed by atoms with van der Waals surface area (Å²) in [4.78, 5) is 14.3. The molecule has 0 atom stereocenters. The minimum Gasteiger partial charge on any atom is -0.485 e. The van der Waals surface area contributed by atoms with E-state index in [0.717, 1.165) is 16.8 Å². The molecule has 4 heteroatoms. The fourth-order valence-corrected chi connectivity index (χ4v) is 2.22. The molecule has 0 saturated heterocycles. The van der Waals surface area contributed by atoms with Crippen LogP contribution < -0.4 is 15.4 Å². The van der Waals surface area contributed by atoms with Gasteiger partial charge in [0.15, 0.2) is 12.4 Å². The molecule has 0 spiro atoms. The number of hydrogen-bond donors (Lipinski definition) is 1. The van der Waals surface area contributed by atoms with E-state index in [1.165, 1.54) is 0 Å². The Hall–Kier alpha value is -2.49. The number of ketones is 1. The van der Waals surface area contributed by atoms with Crippen LogP contribution in [0.2, 0.25) is 0 Å². The average molecular weight is 298 g/mol. The largest absolute Gasteiger partial charge is 0.485 e.